The van der Waals surface area contributed by atoms with Crippen molar-refractivity contribution in [1.82, 2.24) is 4.31 Å². The molecule has 148 valence electrons. The van der Waals surface area contributed by atoms with Crippen LogP contribution in [0.1, 0.15) is 44.2 Å². The van der Waals surface area contributed by atoms with Crippen LogP contribution in [0.15, 0.2) is 59.5 Å². The van der Waals surface area contributed by atoms with Crippen molar-refractivity contribution in [2.24, 2.45) is 5.92 Å². The molecule has 2 atom stereocenters. The molecule has 0 unspecified atom stereocenters. The van der Waals surface area contributed by atoms with Crippen molar-refractivity contribution >= 4 is 10.0 Å². The minimum absolute atomic E-state index is 0.0386. The maximum Gasteiger partial charge on any atom is 0.243 e. The van der Waals surface area contributed by atoms with Crippen LogP contribution in [0, 0.1) is 12.8 Å². The molecule has 4 nitrogen and oxygen atoms in total. The zero-order chi connectivity index (χ0) is 19.9. The van der Waals surface area contributed by atoms with Gasteiger partial charge in [-0.3, -0.25) is 0 Å². The number of aryl methyl sites for hydroxylation is 1. The third-order valence-electron chi connectivity index (χ3n) is 4.98. The van der Waals surface area contributed by atoms with Crippen molar-refractivity contribution in [3.63, 3.8) is 0 Å². The number of aliphatic hydroxyl groups is 1. The Labute approximate surface area is 163 Å². The number of aliphatic hydroxyl groups excluding tert-OH is 1. The minimum Gasteiger partial charge on any atom is -0.396 e. The van der Waals surface area contributed by atoms with E-state index in [-0.39, 0.29) is 18.6 Å². The van der Waals surface area contributed by atoms with E-state index in [2.05, 4.69) is 6.92 Å². The predicted octanol–water partition coefficient (Wildman–Crippen LogP) is 4.37. The Morgan fingerprint density at radius 2 is 1.67 bits per heavy atom. The lowest BCUT2D eigenvalue weighted by Gasteiger charge is -2.34. The van der Waals surface area contributed by atoms with Gasteiger partial charge in [0.1, 0.15) is 0 Å². The van der Waals surface area contributed by atoms with Gasteiger partial charge in [-0.15, -0.1) is 0 Å². The average Bonchev–Trinajstić information content (AvgIpc) is 2.68. The van der Waals surface area contributed by atoms with Crippen molar-refractivity contribution in [3.8, 4) is 0 Å². The van der Waals surface area contributed by atoms with E-state index in [4.69, 9.17) is 0 Å². The molecule has 2 aromatic carbocycles. The number of benzene rings is 2. The largest absolute Gasteiger partial charge is 0.396 e. The van der Waals surface area contributed by atoms with Crippen LogP contribution in [0.2, 0.25) is 0 Å². The van der Waals surface area contributed by atoms with Crippen LogP contribution in [-0.4, -0.2) is 30.5 Å². The van der Waals surface area contributed by atoms with E-state index >= 15 is 0 Å². The summed E-state index contributed by atoms with van der Waals surface area (Å²) in [5, 5.41) is 9.77. The van der Waals surface area contributed by atoms with Crippen LogP contribution in [0.5, 0.6) is 0 Å². The molecular weight excluding hydrogens is 358 g/mol. The second-order valence-electron chi connectivity index (χ2n) is 7.22. The molecule has 0 fully saturated rings. The topological polar surface area (TPSA) is 57.6 Å². The zero-order valence-electron chi connectivity index (χ0n) is 16.5. The molecule has 0 aliphatic carbocycles. The highest BCUT2D eigenvalue weighted by atomic mass is 32.2. The Morgan fingerprint density at radius 1 is 1.04 bits per heavy atom. The van der Waals surface area contributed by atoms with Crippen LogP contribution < -0.4 is 0 Å². The summed E-state index contributed by atoms with van der Waals surface area (Å²) in [6, 6.07) is 16.4. The number of hydrogen-bond donors (Lipinski definition) is 1. The van der Waals surface area contributed by atoms with Gasteiger partial charge in [-0.1, -0.05) is 74.7 Å². The first-order valence-electron chi connectivity index (χ1n) is 9.63. The Hall–Kier alpha value is -1.69. The average molecular weight is 390 g/mol. The van der Waals surface area contributed by atoms with Crippen LogP contribution in [0.3, 0.4) is 0 Å². The van der Waals surface area contributed by atoms with Gasteiger partial charge >= 0.3 is 0 Å². The maximum atomic E-state index is 13.5. The zero-order valence-corrected chi connectivity index (χ0v) is 17.3. The molecule has 2 rings (SSSR count). The quantitative estimate of drug-likeness (QED) is 0.656. The van der Waals surface area contributed by atoms with Crippen LogP contribution in [0.25, 0.3) is 0 Å². The van der Waals surface area contributed by atoms with E-state index in [1.165, 1.54) is 0 Å². The van der Waals surface area contributed by atoms with Gasteiger partial charge in [0, 0.05) is 19.2 Å². The van der Waals surface area contributed by atoms with Gasteiger partial charge in [-0.05, 0) is 37.0 Å². The van der Waals surface area contributed by atoms with E-state index in [1.807, 2.05) is 56.3 Å². The first-order chi connectivity index (χ1) is 12.9. The number of sulfonamides is 1. The first kappa shape index (κ1) is 21.6. The Bertz CT molecular complexity index is 788. The summed E-state index contributed by atoms with van der Waals surface area (Å²) in [5.74, 6) is -0.138. The molecule has 27 heavy (non-hydrogen) atoms. The molecule has 2 aromatic rings. The van der Waals surface area contributed by atoms with Gasteiger partial charge in [0.15, 0.2) is 0 Å². The molecule has 0 aliphatic rings. The standard InChI is InChI=1S/C22H31NO3S/c1-4-5-11-22(19(3)17-24)23(16-20-9-7-6-8-10-20)27(25,26)21-14-12-18(2)13-15-21/h6-10,12-15,19,22,24H,4-5,11,16-17H2,1-3H3/t19-,22+/m1/s1. The molecule has 0 spiro atoms. The Morgan fingerprint density at radius 3 is 2.22 bits per heavy atom. The van der Waals surface area contributed by atoms with Gasteiger partial charge in [0.05, 0.1) is 4.90 Å². The molecule has 0 heterocycles. The fourth-order valence-electron chi connectivity index (χ4n) is 3.24. The predicted molar refractivity (Wildman–Crippen MR) is 110 cm³/mol. The smallest absolute Gasteiger partial charge is 0.243 e. The van der Waals surface area contributed by atoms with E-state index in [9.17, 15) is 13.5 Å². The summed E-state index contributed by atoms with van der Waals surface area (Å²) >= 11 is 0. The fourth-order valence-corrected chi connectivity index (χ4v) is 4.98. The molecule has 0 radical (unpaired) electrons. The molecule has 0 bridgehead atoms. The Balaban J connectivity index is 2.47. The minimum atomic E-state index is -3.68. The number of hydrogen-bond acceptors (Lipinski definition) is 3. The number of unbranched alkanes of at least 4 members (excludes halogenated alkanes) is 1. The normalized spacial score (nSPS) is 14.3. The number of rotatable bonds is 10. The molecule has 0 aromatic heterocycles. The summed E-state index contributed by atoms with van der Waals surface area (Å²) in [5.41, 5.74) is 1.97. The van der Waals surface area contributed by atoms with E-state index < -0.39 is 10.0 Å². The molecular formula is C22H31NO3S. The monoisotopic (exact) mass is 389 g/mol. The van der Waals surface area contributed by atoms with Crippen LogP contribution >= 0.6 is 0 Å². The van der Waals surface area contributed by atoms with Crippen LogP contribution in [-0.2, 0) is 16.6 Å². The lowest BCUT2D eigenvalue weighted by atomic mass is 9.97. The van der Waals surface area contributed by atoms with E-state index in [0.29, 0.717) is 11.4 Å². The second-order valence-corrected chi connectivity index (χ2v) is 9.11. The van der Waals surface area contributed by atoms with Gasteiger partial charge in [-0.2, -0.15) is 4.31 Å². The summed E-state index contributed by atoms with van der Waals surface area (Å²) in [6.07, 6.45) is 2.64. The van der Waals surface area contributed by atoms with Gasteiger partial charge < -0.3 is 5.11 Å². The molecule has 0 saturated heterocycles. The van der Waals surface area contributed by atoms with Crippen molar-refractivity contribution in [2.75, 3.05) is 6.61 Å². The van der Waals surface area contributed by atoms with Crippen LogP contribution in [0.4, 0.5) is 0 Å². The lowest BCUT2D eigenvalue weighted by molar-refractivity contribution is 0.149. The summed E-state index contributed by atoms with van der Waals surface area (Å²) in [7, 11) is -3.68. The summed E-state index contributed by atoms with van der Waals surface area (Å²) < 4.78 is 28.6. The maximum absolute atomic E-state index is 13.5. The molecule has 0 aliphatic heterocycles. The molecule has 0 saturated carbocycles. The van der Waals surface area contributed by atoms with Crippen molar-refractivity contribution < 1.29 is 13.5 Å². The van der Waals surface area contributed by atoms with Gasteiger partial charge in [0.25, 0.3) is 0 Å². The summed E-state index contributed by atoms with van der Waals surface area (Å²) in [6.45, 7) is 6.22. The first-order valence-corrected chi connectivity index (χ1v) is 11.1. The molecule has 1 N–H and O–H groups in total. The van der Waals surface area contributed by atoms with Crippen molar-refractivity contribution in [1.29, 1.82) is 0 Å². The highest BCUT2D eigenvalue weighted by molar-refractivity contribution is 7.89. The fraction of sp³-hybridized carbons (Fsp3) is 0.455. The highest BCUT2D eigenvalue weighted by Gasteiger charge is 2.34. The van der Waals surface area contributed by atoms with E-state index in [0.717, 1.165) is 30.4 Å². The van der Waals surface area contributed by atoms with Crippen molar-refractivity contribution in [2.45, 2.75) is 57.5 Å². The third-order valence-corrected chi connectivity index (χ3v) is 6.86. The lowest BCUT2D eigenvalue weighted by Crippen LogP contribution is -2.44. The third kappa shape index (κ3) is 5.64. The summed E-state index contributed by atoms with van der Waals surface area (Å²) in [4.78, 5) is 0.302. The van der Waals surface area contributed by atoms with E-state index in [1.54, 1.807) is 16.4 Å². The van der Waals surface area contributed by atoms with Gasteiger partial charge in [-0.25, -0.2) is 8.42 Å². The second kappa shape index (κ2) is 10.0. The Kier molecular flexibility index (Phi) is 8.02. The molecule has 0 amide bonds. The highest BCUT2D eigenvalue weighted by Crippen LogP contribution is 2.27. The van der Waals surface area contributed by atoms with Gasteiger partial charge in [0.2, 0.25) is 10.0 Å². The SMILES string of the molecule is CCCC[C@@H]([C@H](C)CO)N(Cc1ccccc1)S(=O)(=O)c1ccc(C)cc1. The number of nitrogens with zero attached hydrogens (tertiary/aromatic N) is 1. The molecule has 5 heteroatoms. The van der Waals surface area contributed by atoms with Crippen molar-refractivity contribution in [3.05, 3.63) is 65.7 Å².